The number of sulfonamides is 1. The minimum atomic E-state index is -3.92. The van der Waals surface area contributed by atoms with Crippen LogP contribution >= 0.6 is 11.3 Å². The average Bonchev–Trinajstić information content (AvgIpc) is 3.22. The van der Waals surface area contributed by atoms with E-state index in [1.54, 1.807) is 17.5 Å². The number of thiazole rings is 1. The molecule has 0 saturated carbocycles. The van der Waals surface area contributed by atoms with E-state index in [0.717, 1.165) is 4.31 Å². The highest BCUT2D eigenvalue weighted by atomic mass is 32.2. The number of hydrogen-bond acceptors (Lipinski definition) is 6. The second-order valence-corrected chi connectivity index (χ2v) is 9.51. The van der Waals surface area contributed by atoms with Crippen LogP contribution in [0.3, 0.4) is 0 Å². The number of anilines is 1. The van der Waals surface area contributed by atoms with Gasteiger partial charge in [-0.25, -0.2) is 17.8 Å². The van der Waals surface area contributed by atoms with E-state index >= 15 is 0 Å². The molecule has 8 nitrogen and oxygen atoms in total. The number of benzene rings is 2. The van der Waals surface area contributed by atoms with Crippen molar-refractivity contribution in [2.45, 2.75) is 4.90 Å². The Kier molecular flexibility index (Phi) is 5.81. The van der Waals surface area contributed by atoms with Crippen LogP contribution in [0.4, 0.5) is 9.52 Å². The van der Waals surface area contributed by atoms with Gasteiger partial charge in [-0.1, -0.05) is 18.2 Å². The van der Waals surface area contributed by atoms with E-state index in [4.69, 9.17) is 0 Å². The third-order valence-corrected chi connectivity index (χ3v) is 7.18. The first kappa shape index (κ1) is 21.1. The molecule has 0 aliphatic carbocycles. The van der Waals surface area contributed by atoms with Gasteiger partial charge in [0.25, 0.3) is 5.91 Å². The molecule has 1 fully saturated rings. The van der Waals surface area contributed by atoms with Crippen LogP contribution < -0.4 is 10.6 Å². The Hall–Kier alpha value is -3.15. The highest BCUT2D eigenvalue weighted by molar-refractivity contribution is 7.89. The van der Waals surface area contributed by atoms with E-state index in [9.17, 15) is 22.4 Å². The molecule has 160 valence electrons. The molecule has 2 heterocycles. The second kappa shape index (κ2) is 8.53. The number of hydrogen-bond donors (Lipinski definition) is 2. The Morgan fingerprint density at radius 1 is 1.19 bits per heavy atom. The van der Waals surface area contributed by atoms with Gasteiger partial charge in [-0.2, -0.15) is 4.31 Å². The topological polar surface area (TPSA) is 108 Å². The summed E-state index contributed by atoms with van der Waals surface area (Å²) in [5.74, 6) is -1.30. The first-order valence-electron chi connectivity index (χ1n) is 9.23. The minimum absolute atomic E-state index is 0.0746. The van der Waals surface area contributed by atoms with Crippen LogP contribution in [0, 0.1) is 5.82 Å². The zero-order valence-electron chi connectivity index (χ0n) is 16.0. The molecule has 31 heavy (non-hydrogen) atoms. The number of halogens is 1. The quantitative estimate of drug-likeness (QED) is 0.608. The zero-order chi connectivity index (χ0) is 22.0. The largest absolute Gasteiger partial charge is 0.354 e. The molecule has 1 aliphatic heterocycles. The number of nitrogens with one attached hydrogen (secondary N) is 2. The number of carbonyl (C=O) groups is 2. The van der Waals surface area contributed by atoms with Crippen molar-refractivity contribution >= 4 is 38.3 Å². The van der Waals surface area contributed by atoms with Crippen LogP contribution in [0.5, 0.6) is 0 Å². The normalized spacial score (nSPS) is 14.8. The Labute approximate surface area is 181 Å². The SMILES string of the molecule is O=C1CN(S(=O)(=O)c2cccc(C(=O)Nc3nc(-c4cccc(F)c4)cs3)c2)CCN1. The zero-order valence-corrected chi connectivity index (χ0v) is 17.7. The molecule has 1 saturated heterocycles. The lowest BCUT2D eigenvalue weighted by Crippen LogP contribution is -2.49. The Balaban J connectivity index is 1.52. The van der Waals surface area contributed by atoms with Gasteiger partial charge in [-0.3, -0.25) is 14.9 Å². The predicted molar refractivity (Wildman–Crippen MR) is 114 cm³/mol. The third-order valence-electron chi connectivity index (χ3n) is 4.58. The monoisotopic (exact) mass is 460 g/mol. The van der Waals surface area contributed by atoms with Crippen molar-refractivity contribution in [3.63, 3.8) is 0 Å². The van der Waals surface area contributed by atoms with Gasteiger partial charge in [0.1, 0.15) is 5.82 Å². The van der Waals surface area contributed by atoms with Crippen molar-refractivity contribution < 1.29 is 22.4 Å². The van der Waals surface area contributed by atoms with E-state index in [-0.39, 0.29) is 41.8 Å². The summed E-state index contributed by atoms with van der Waals surface area (Å²) in [6, 6.07) is 11.5. The lowest BCUT2D eigenvalue weighted by molar-refractivity contribution is -0.122. The lowest BCUT2D eigenvalue weighted by Gasteiger charge is -2.26. The lowest BCUT2D eigenvalue weighted by atomic mass is 10.2. The summed E-state index contributed by atoms with van der Waals surface area (Å²) in [7, 11) is -3.92. The second-order valence-electron chi connectivity index (χ2n) is 6.72. The number of rotatable bonds is 5. The molecule has 0 spiro atoms. The van der Waals surface area contributed by atoms with Gasteiger partial charge in [0.15, 0.2) is 5.13 Å². The van der Waals surface area contributed by atoms with Crippen molar-refractivity contribution in [1.82, 2.24) is 14.6 Å². The highest BCUT2D eigenvalue weighted by Gasteiger charge is 2.29. The summed E-state index contributed by atoms with van der Waals surface area (Å²) in [6.07, 6.45) is 0. The van der Waals surface area contributed by atoms with E-state index in [0.29, 0.717) is 16.4 Å². The molecule has 0 radical (unpaired) electrons. The van der Waals surface area contributed by atoms with Crippen LogP contribution in [-0.2, 0) is 14.8 Å². The van der Waals surface area contributed by atoms with Gasteiger partial charge in [0.05, 0.1) is 17.1 Å². The summed E-state index contributed by atoms with van der Waals surface area (Å²) < 4.78 is 40.1. The fraction of sp³-hybridized carbons (Fsp3) is 0.150. The van der Waals surface area contributed by atoms with Crippen molar-refractivity contribution in [2.75, 3.05) is 25.0 Å². The first-order valence-corrected chi connectivity index (χ1v) is 11.5. The molecule has 2 amide bonds. The predicted octanol–water partition coefficient (Wildman–Crippen LogP) is 2.32. The smallest absolute Gasteiger partial charge is 0.257 e. The van der Waals surface area contributed by atoms with Crippen molar-refractivity contribution in [3.05, 3.63) is 65.3 Å². The maximum atomic E-state index is 13.4. The van der Waals surface area contributed by atoms with Crippen LogP contribution in [0.15, 0.2) is 58.8 Å². The maximum absolute atomic E-state index is 13.4. The Bertz CT molecular complexity index is 1260. The summed E-state index contributed by atoms with van der Waals surface area (Å²) in [5, 5.41) is 7.19. The molecule has 0 bridgehead atoms. The molecule has 11 heteroatoms. The third kappa shape index (κ3) is 4.63. The Morgan fingerprint density at radius 2 is 2.00 bits per heavy atom. The van der Waals surface area contributed by atoms with Gasteiger partial charge in [0, 0.05) is 29.6 Å². The average molecular weight is 461 g/mol. The fourth-order valence-electron chi connectivity index (χ4n) is 3.05. The first-order chi connectivity index (χ1) is 14.8. The molecular weight excluding hydrogens is 443 g/mol. The number of carbonyl (C=O) groups excluding carboxylic acids is 2. The van der Waals surface area contributed by atoms with Crippen LogP contribution in [-0.4, -0.2) is 49.2 Å². The molecule has 2 aromatic carbocycles. The van der Waals surface area contributed by atoms with E-state index in [2.05, 4.69) is 15.6 Å². The highest BCUT2D eigenvalue weighted by Crippen LogP contribution is 2.26. The number of nitrogens with zero attached hydrogens (tertiary/aromatic N) is 2. The van der Waals surface area contributed by atoms with E-state index in [1.165, 1.54) is 47.7 Å². The fourth-order valence-corrected chi connectivity index (χ4v) is 5.21. The van der Waals surface area contributed by atoms with Crippen LogP contribution in [0.1, 0.15) is 10.4 Å². The van der Waals surface area contributed by atoms with Gasteiger partial charge in [-0.15, -0.1) is 11.3 Å². The van der Waals surface area contributed by atoms with Crippen molar-refractivity contribution in [1.29, 1.82) is 0 Å². The number of piperazine rings is 1. The molecule has 2 N–H and O–H groups in total. The van der Waals surface area contributed by atoms with Crippen molar-refractivity contribution in [3.8, 4) is 11.3 Å². The summed E-state index contributed by atoms with van der Waals surface area (Å²) in [5.41, 5.74) is 1.22. The van der Waals surface area contributed by atoms with Crippen molar-refractivity contribution in [2.24, 2.45) is 0 Å². The minimum Gasteiger partial charge on any atom is -0.354 e. The standard InChI is InChI=1S/C20H17FN4O4S2/c21-15-5-1-3-13(9-15)17-12-30-20(23-17)24-19(27)14-4-2-6-16(10-14)31(28,29)25-8-7-22-18(26)11-25/h1-6,9-10,12H,7-8,11H2,(H,22,26)(H,23,24,27). The molecule has 4 rings (SSSR count). The van der Waals surface area contributed by atoms with Gasteiger partial charge in [0.2, 0.25) is 15.9 Å². The molecular formula is C20H17FN4O4S2. The Morgan fingerprint density at radius 3 is 2.77 bits per heavy atom. The number of amides is 2. The van der Waals surface area contributed by atoms with E-state index in [1.807, 2.05) is 0 Å². The van der Waals surface area contributed by atoms with Gasteiger partial charge >= 0.3 is 0 Å². The molecule has 0 unspecified atom stereocenters. The van der Waals surface area contributed by atoms with Crippen LogP contribution in [0.25, 0.3) is 11.3 Å². The molecule has 0 atom stereocenters. The maximum Gasteiger partial charge on any atom is 0.257 e. The summed E-state index contributed by atoms with van der Waals surface area (Å²) in [6.45, 7) is 0.128. The number of aromatic nitrogens is 1. The van der Waals surface area contributed by atoms with E-state index < -0.39 is 15.9 Å². The molecule has 3 aromatic rings. The van der Waals surface area contributed by atoms with Gasteiger partial charge in [-0.05, 0) is 30.3 Å². The summed E-state index contributed by atoms with van der Waals surface area (Å²) >= 11 is 1.17. The molecule has 1 aromatic heterocycles. The molecule has 1 aliphatic rings. The van der Waals surface area contributed by atoms with Gasteiger partial charge < -0.3 is 5.32 Å². The summed E-state index contributed by atoms with van der Waals surface area (Å²) in [4.78, 5) is 28.4. The van der Waals surface area contributed by atoms with Crippen LogP contribution in [0.2, 0.25) is 0 Å².